The molecule has 2 aromatic heterocycles. The van der Waals surface area contributed by atoms with Crippen molar-refractivity contribution in [2.24, 2.45) is 5.92 Å². The Bertz CT molecular complexity index is 686. The predicted molar refractivity (Wildman–Crippen MR) is 93.6 cm³/mol. The quantitative estimate of drug-likeness (QED) is 0.783. The van der Waals surface area contributed by atoms with E-state index >= 15 is 0 Å². The van der Waals surface area contributed by atoms with Gasteiger partial charge in [-0.25, -0.2) is 4.98 Å². The van der Waals surface area contributed by atoms with Crippen molar-refractivity contribution in [2.75, 3.05) is 33.9 Å². The molecule has 0 spiro atoms. The van der Waals surface area contributed by atoms with Crippen molar-refractivity contribution in [1.29, 1.82) is 0 Å². The third-order valence-corrected chi connectivity index (χ3v) is 4.39. The third-order valence-electron chi connectivity index (χ3n) is 4.39. The Balaban J connectivity index is 1.63. The molecule has 0 aliphatic carbocycles. The van der Waals surface area contributed by atoms with Crippen molar-refractivity contribution in [2.45, 2.75) is 19.6 Å². The molecule has 7 heteroatoms. The van der Waals surface area contributed by atoms with Gasteiger partial charge in [-0.1, -0.05) is 0 Å². The topological polar surface area (TPSA) is 63.5 Å². The highest BCUT2D eigenvalue weighted by atomic mass is 16.5. The lowest BCUT2D eigenvalue weighted by Crippen LogP contribution is -2.32. The van der Waals surface area contributed by atoms with Crippen molar-refractivity contribution < 1.29 is 9.53 Å². The van der Waals surface area contributed by atoms with E-state index in [2.05, 4.69) is 19.4 Å². The number of hydrogen-bond donors (Lipinski definition) is 0. The van der Waals surface area contributed by atoms with Crippen LogP contribution < -0.4 is 0 Å². The number of hydrogen-bond acceptors (Lipinski definition) is 5. The number of amides is 1. The lowest BCUT2D eigenvalue weighted by atomic mass is 10.1. The van der Waals surface area contributed by atoms with Gasteiger partial charge in [0, 0.05) is 64.8 Å². The van der Waals surface area contributed by atoms with Crippen LogP contribution in [0.25, 0.3) is 0 Å². The maximum atomic E-state index is 11.7. The normalized spacial score (nSPS) is 17.8. The standard InChI is InChI=1S/C18H25N5O2/c1-21(2)18(24)13-25-12-16-9-22(8-15-3-5-19-6-4-15)11-17-7-20-14-23(17)10-16/h3-7,14,16H,8-13H2,1-2H3. The van der Waals surface area contributed by atoms with Crippen LogP contribution in [0, 0.1) is 5.92 Å². The van der Waals surface area contributed by atoms with E-state index in [1.807, 2.05) is 37.1 Å². The molecule has 1 aliphatic heterocycles. The van der Waals surface area contributed by atoms with Gasteiger partial charge in [0.05, 0.1) is 18.6 Å². The fourth-order valence-corrected chi connectivity index (χ4v) is 3.05. The molecule has 0 radical (unpaired) electrons. The van der Waals surface area contributed by atoms with Crippen molar-refractivity contribution >= 4 is 5.91 Å². The first-order valence-corrected chi connectivity index (χ1v) is 8.50. The average molecular weight is 343 g/mol. The summed E-state index contributed by atoms with van der Waals surface area (Å²) < 4.78 is 7.87. The first kappa shape index (κ1) is 17.6. The summed E-state index contributed by atoms with van der Waals surface area (Å²) in [5.74, 6) is 0.304. The highest BCUT2D eigenvalue weighted by molar-refractivity contribution is 5.76. The van der Waals surface area contributed by atoms with Gasteiger partial charge >= 0.3 is 0 Å². The molecule has 1 amide bonds. The van der Waals surface area contributed by atoms with Crippen LogP contribution in [-0.4, -0.2) is 64.1 Å². The highest BCUT2D eigenvalue weighted by Gasteiger charge is 2.22. The third kappa shape index (κ3) is 4.87. The summed E-state index contributed by atoms with van der Waals surface area (Å²) in [5.41, 5.74) is 2.45. The summed E-state index contributed by atoms with van der Waals surface area (Å²) in [7, 11) is 3.48. The van der Waals surface area contributed by atoms with E-state index in [1.54, 1.807) is 19.0 Å². The number of aromatic nitrogens is 3. The zero-order chi connectivity index (χ0) is 17.6. The number of imidazole rings is 1. The smallest absolute Gasteiger partial charge is 0.248 e. The van der Waals surface area contributed by atoms with Gasteiger partial charge in [0.1, 0.15) is 6.61 Å². The second-order valence-electron chi connectivity index (χ2n) is 6.73. The molecule has 0 N–H and O–H groups in total. The molecule has 0 aromatic carbocycles. The van der Waals surface area contributed by atoms with E-state index in [1.165, 1.54) is 11.3 Å². The SMILES string of the molecule is CN(C)C(=O)COCC1CN(Cc2ccncc2)Cc2cncn2C1. The monoisotopic (exact) mass is 343 g/mol. The van der Waals surface area contributed by atoms with Gasteiger partial charge in [0.25, 0.3) is 0 Å². The van der Waals surface area contributed by atoms with Crippen LogP contribution in [0.2, 0.25) is 0 Å². The van der Waals surface area contributed by atoms with Crippen LogP contribution in [0.1, 0.15) is 11.3 Å². The Morgan fingerprint density at radius 3 is 2.84 bits per heavy atom. The summed E-state index contributed by atoms with van der Waals surface area (Å²) >= 11 is 0. The van der Waals surface area contributed by atoms with Crippen LogP contribution in [-0.2, 0) is 29.2 Å². The molecule has 1 unspecified atom stereocenters. The Labute approximate surface area is 148 Å². The first-order valence-electron chi connectivity index (χ1n) is 8.50. The minimum Gasteiger partial charge on any atom is -0.371 e. The van der Waals surface area contributed by atoms with Gasteiger partial charge in [-0.3, -0.25) is 14.7 Å². The lowest BCUT2D eigenvalue weighted by molar-refractivity contribution is -0.134. The number of likely N-dealkylation sites (N-methyl/N-ethyl adjacent to an activating group) is 1. The minimum atomic E-state index is -0.00872. The van der Waals surface area contributed by atoms with E-state index in [4.69, 9.17) is 4.74 Å². The van der Waals surface area contributed by atoms with Crippen molar-refractivity contribution in [3.63, 3.8) is 0 Å². The number of pyridine rings is 1. The van der Waals surface area contributed by atoms with Crippen LogP contribution in [0.4, 0.5) is 0 Å². The minimum absolute atomic E-state index is 0.00872. The van der Waals surface area contributed by atoms with Crippen LogP contribution in [0.15, 0.2) is 37.1 Å². The van der Waals surface area contributed by atoms with Gasteiger partial charge in [0.2, 0.25) is 5.91 Å². The Hall–Kier alpha value is -2.25. The Morgan fingerprint density at radius 2 is 2.08 bits per heavy atom. The first-order chi connectivity index (χ1) is 12.1. The molecular formula is C18H25N5O2. The van der Waals surface area contributed by atoms with Crippen molar-refractivity contribution in [1.82, 2.24) is 24.3 Å². The summed E-state index contributed by atoms with van der Waals surface area (Å²) in [5, 5.41) is 0. The molecule has 1 aliphatic rings. The number of carbonyl (C=O) groups is 1. The zero-order valence-electron chi connectivity index (χ0n) is 14.8. The molecule has 1 atom stereocenters. The van der Waals surface area contributed by atoms with Gasteiger partial charge in [0.15, 0.2) is 0 Å². The lowest BCUT2D eigenvalue weighted by Gasteiger charge is -2.24. The second-order valence-corrected chi connectivity index (χ2v) is 6.73. The molecule has 0 saturated heterocycles. The number of nitrogens with zero attached hydrogens (tertiary/aromatic N) is 5. The molecule has 3 heterocycles. The van der Waals surface area contributed by atoms with E-state index in [9.17, 15) is 4.79 Å². The molecule has 2 aromatic rings. The van der Waals surface area contributed by atoms with E-state index in [0.29, 0.717) is 12.5 Å². The van der Waals surface area contributed by atoms with E-state index in [0.717, 1.165) is 26.2 Å². The van der Waals surface area contributed by atoms with Gasteiger partial charge in [-0.15, -0.1) is 0 Å². The van der Waals surface area contributed by atoms with Gasteiger partial charge in [-0.05, 0) is 17.7 Å². The molecule has 134 valence electrons. The summed E-state index contributed by atoms with van der Waals surface area (Å²) in [6.45, 7) is 4.18. The molecule has 0 saturated carbocycles. The Kier molecular flexibility index (Phi) is 5.78. The van der Waals surface area contributed by atoms with Crippen LogP contribution >= 0.6 is 0 Å². The fourth-order valence-electron chi connectivity index (χ4n) is 3.05. The van der Waals surface area contributed by atoms with Crippen molar-refractivity contribution in [3.05, 3.63) is 48.3 Å². The molecule has 25 heavy (non-hydrogen) atoms. The average Bonchev–Trinajstić information content (AvgIpc) is 2.95. The van der Waals surface area contributed by atoms with Gasteiger partial charge < -0.3 is 14.2 Å². The maximum Gasteiger partial charge on any atom is 0.248 e. The van der Waals surface area contributed by atoms with E-state index < -0.39 is 0 Å². The number of fused-ring (bicyclic) bond motifs is 1. The summed E-state index contributed by atoms with van der Waals surface area (Å²) in [6, 6.07) is 4.09. The maximum absolute atomic E-state index is 11.7. The number of rotatable bonds is 6. The highest BCUT2D eigenvalue weighted by Crippen LogP contribution is 2.18. The van der Waals surface area contributed by atoms with E-state index in [-0.39, 0.29) is 12.5 Å². The Morgan fingerprint density at radius 1 is 1.28 bits per heavy atom. The molecule has 0 bridgehead atoms. The van der Waals surface area contributed by atoms with Crippen LogP contribution in [0.5, 0.6) is 0 Å². The number of ether oxygens (including phenoxy) is 1. The van der Waals surface area contributed by atoms with Crippen LogP contribution in [0.3, 0.4) is 0 Å². The second kappa shape index (κ2) is 8.22. The molecular weight excluding hydrogens is 318 g/mol. The summed E-state index contributed by atoms with van der Waals surface area (Å²) in [4.78, 5) is 24.0. The van der Waals surface area contributed by atoms with Gasteiger partial charge in [-0.2, -0.15) is 0 Å². The predicted octanol–water partition coefficient (Wildman–Crippen LogP) is 1.01. The molecule has 3 rings (SSSR count). The summed E-state index contributed by atoms with van der Waals surface area (Å²) in [6.07, 6.45) is 7.46. The largest absolute Gasteiger partial charge is 0.371 e. The van der Waals surface area contributed by atoms with Crippen molar-refractivity contribution in [3.8, 4) is 0 Å². The number of carbonyl (C=O) groups excluding carboxylic acids is 1. The fraction of sp³-hybridized carbons (Fsp3) is 0.500. The zero-order valence-corrected chi connectivity index (χ0v) is 14.8. The molecule has 0 fully saturated rings. The molecule has 7 nitrogen and oxygen atoms in total.